The Morgan fingerprint density at radius 1 is 1.14 bits per heavy atom. The molecule has 0 bridgehead atoms. The highest BCUT2D eigenvalue weighted by atomic mass is 19.1. The van der Waals surface area contributed by atoms with Gasteiger partial charge in [-0.05, 0) is 49.2 Å². The van der Waals surface area contributed by atoms with E-state index in [0.29, 0.717) is 5.75 Å². The number of furan rings is 1. The van der Waals surface area contributed by atoms with E-state index < -0.39 is 17.8 Å². The molecule has 2 N–H and O–H groups in total. The number of ether oxygens (including phenoxy) is 1. The van der Waals surface area contributed by atoms with E-state index >= 15 is 0 Å². The Morgan fingerprint density at radius 2 is 1.89 bits per heavy atom. The second kappa shape index (κ2) is 8.56. The minimum Gasteiger partial charge on any atom is -0.481 e. The van der Waals surface area contributed by atoms with Gasteiger partial charge < -0.3 is 9.15 Å². The molecule has 0 radical (unpaired) electrons. The molecule has 0 aliphatic rings. The number of halogens is 1. The zero-order valence-corrected chi connectivity index (χ0v) is 15.6. The highest BCUT2D eigenvalue weighted by Gasteiger charge is 2.16. The van der Waals surface area contributed by atoms with Gasteiger partial charge in [-0.1, -0.05) is 19.1 Å². The first-order valence-corrected chi connectivity index (χ1v) is 8.96. The van der Waals surface area contributed by atoms with Crippen molar-refractivity contribution in [3.8, 4) is 5.75 Å². The highest BCUT2D eigenvalue weighted by molar-refractivity contribution is 5.89. The third-order valence-electron chi connectivity index (χ3n) is 4.30. The Balaban J connectivity index is 1.52. The van der Waals surface area contributed by atoms with Gasteiger partial charge in [0.05, 0.1) is 12.7 Å². The van der Waals surface area contributed by atoms with Crippen LogP contribution >= 0.6 is 0 Å². The van der Waals surface area contributed by atoms with Crippen molar-refractivity contribution in [1.29, 1.82) is 0 Å². The molecule has 0 aliphatic carbocycles. The lowest BCUT2D eigenvalue weighted by atomic mass is 10.1. The molecule has 1 aromatic heterocycles. The molecule has 0 aliphatic heterocycles. The summed E-state index contributed by atoms with van der Waals surface area (Å²) in [7, 11) is 0. The predicted molar refractivity (Wildman–Crippen MR) is 102 cm³/mol. The standard InChI is InChI=1S/C21H21FN2O4/c1-3-14-4-9-18-15(12-27-19(18)10-14)11-20(25)23-24-21(26)13(2)28-17-7-5-16(22)6-8-17/h4-10,12-13H,3,11H2,1-2H3,(H,23,25)(H,24,26)/t13-/m1/s1. The van der Waals surface area contributed by atoms with E-state index in [0.717, 1.165) is 28.5 Å². The van der Waals surface area contributed by atoms with Crippen LogP contribution in [-0.2, 0) is 22.4 Å². The van der Waals surface area contributed by atoms with Crippen LogP contribution in [0.3, 0.4) is 0 Å². The van der Waals surface area contributed by atoms with Gasteiger partial charge >= 0.3 is 0 Å². The minimum atomic E-state index is -0.868. The molecule has 0 saturated carbocycles. The van der Waals surface area contributed by atoms with Crippen LogP contribution < -0.4 is 15.6 Å². The lowest BCUT2D eigenvalue weighted by Crippen LogP contribution is -2.47. The highest BCUT2D eigenvalue weighted by Crippen LogP contribution is 2.23. The van der Waals surface area contributed by atoms with Crippen molar-refractivity contribution in [2.75, 3.05) is 0 Å². The van der Waals surface area contributed by atoms with E-state index in [1.54, 1.807) is 6.26 Å². The van der Waals surface area contributed by atoms with E-state index in [4.69, 9.17) is 9.15 Å². The lowest BCUT2D eigenvalue weighted by molar-refractivity contribution is -0.132. The largest absolute Gasteiger partial charge is 0.481 e. The maximum absolute atomic E-state index is 12.9. The molecule has 2 aromatic carbocycles. The number of carbonyl (C=O) groups excluding carboxylic acids is 2. The van der Waals surface area contributed by atoms with Crippen molar-refractivity contribution in [2.45, 2.75) is 32.8 Å². The van der Waals surface area contributed by atoms with Crippen molar-refractivity contribution >= 4 is 22.8 Å². The number of amides is 2. The first kappa shape index (κ1) is 19.4. The number of nitrogens with one attached hydrogen (secondary N) is 2. The Morgan fingerprint density at radius 3 is 2.61 bits per heavy atom. The Kier molecular flexibility index (Phi) is 5.93. The van der Waals surface area contributed by atoms with Gasteiger partial charge in [0.2, 0.25) is 5.91 Å². The third kappa shape index (κ3) is 4.68. The van der Waals surface area contributed by atoms with Gasteiger partial charge in [0.1, 0.15) is 17.1 Å². The summed E-state index contributed by atoms with van der Waals surface area (Å²) in [6, 6.07) is 11.2. The Bertz CT molecular complexity index is 982. The molecule has 28 heavy (non-hydrogen) atoms. The molecule has 0 spiro atoms. The van der Waals surface area contributed by atoms with E-state index in [1.807, 2.05) is 18.2 Å². The van der Waals surface area contributed by atoms with Crippen molar-refractivity contribution < 1.29 is 23.1 Å². The van der Waals surface area contributed by atoms with Gasteiger partial charge in [0, 0.05) is 10.9 Å². The number of benzene rings is 2. The quantitative estimate of drug-likeness (QED) is 0.639. The zero-order chi connectivity index (χ0) is 20.1. The van der Waals surface area contributed by atoms with Gasteiger partial charge in [0.15, 0.2) is 6.10 Å². The summed E-state index contributed by atoms with van der Waals surface area (Å²) in [5.41, 5.74) is 7.31. The van der Waals surface area contributed by atoms with Crippen LogP contribution in [-0.4, -0.2) is 17.9 Å². The van der Waals surface area contributed by atoms with Gasteiger partial charge in [-0.3, -0.25) is 20.4 Å². The molecule has 0 fully saturated rings. The Hall–Kier alpha value is -3.35. The van der Waals surface area contributed by atoms with Crippen molar-refractivity contribution in [1.82, 2.24) is 10.9 Å². The van der Waals surface area contributed by atoms with Crippen LogP contribution in [0.4, 0.5) is 4.39 Å². The van der Waals surface area contributed by atoms with Crippen LogP contribution in [0.15, 0.2) is 53.1 Å². The van der Waals surface area contributed by atoms with Crippen LogP contribution in [0, 0.1) is 5.82 Å². The summed E-state index contributed by atoms with van der Waals surface area (Å²) in [4.78, 5) is 24.2. The van der Waals surface area contributed by atoms with Crippen molar-refractivity contribution in [3.63, 3.8) is 0 Å². The van der Waals surface area contributed by atoms with E-state index in [2.05, 4.69) is 17.8 Å². The molecule has 1 atom stereocenters. The van der Waals surface area contributed by atoms with Crippen LogP contribution in [0.1, 0.15) is 25.0 Å². The molecule has 1 heterocycles. The number of carbonyl (C=O) groups is 2. The summed E-state index contributed by atoms with van der Waals surface area (Å²) < 4.78 is 23.8. The fourth-order valence-electron chi connectivity index (χ4n) is 2.71. The lowest BCUT2D eigenvalue weighted by Gasteiger charge is -2.15. The Labute approximate surface area is 161 Å². The summed E-state index contributed by atoms with van der Waals surface area (Å²) in [5.74, 6) is -0.951. The first-order valence-electron chi connectivity index (χ1n) is 8.96. The normalized spacial score (nSPS) is 11.8. The first-order chi connectivity index (χ1) is 13.5. The number of fused-ring (bicyclic) bond motifs is 1. The topological polar surface area (TPSA) is 80.6 Å². The van der Waals surface area contributed by atoms with Crippen LogP contribution in [0.5, 0.6) is 5.75 Å². The van der Waals surface area contributed by atoms with Crippen molar-refractivity contribution in [3.05, 3.63) is 65.7 Å². The SMILES string of the molecule is CCc1ccc2c(CC(=O)NNC(=O)[C@@H](C)Oc3ccc(F)cc3)coc2c1. The van der Waals surface area contributed by atoms with Crippen LogP contribution in [0.25, 0.3) is 11.0 Å². The average Bonchev–Trinajstić information content (AvgIpc) is 3.09. The number of aryl methyl sites for hydroxylation is 1. The predicted octanol–water partition coefficient (Wildman–Crippen LogP) is 3.29. The maximum atomic E-state index is 12.9. The molecule has 146 valence electrons. The number of hydrogen-bond acceptors (Lipinski definition) is 4. The molecule has 3 aromatic rings. The maximum Gasteiger partial charge on any atom is 0.279 e. The molecular weight excluding hydrogens is 363 g/mol. The molecular formula is C21H21FN2O4. The van der Waals surface area contributed by atoms with E-state index in [9.17, 15) is 14.0 Å². The number of hydrazine groups is 1. The van der Waals surface area contributed by atoms with Gasteiger partial charge in [-0.25, -0.2) is 4.39 Å². The summed E-state index contributed by atoms with van der Waals surface area (Å²) in [6.07, 6.45) is 1.64. The summed E-state index contributed by atoms with van der Waals surface area (Å²) in [5, 5.41) is 0.867. The average molecular weight is 384 g/mol. The fourth-order valence-corrected chi connectivity index (χ4v) is 2.71. The molecule has 3 rings (SSSR count). The minimum absolute atomic E-state index is 0.0615. The van der Waals surface area contributed by atoms with Gasteiger partial charge in [0.25, 0.3) is 5.91 Å². The molecule has 2 amide bonds. The molecule has 0 saturated heterocycles. The molecule has 6 nitrogen and oxygen atoms in total. The summed E-state index contributed by atoms with van der Waals surface area (Å²) >= 11 is 0. The zero-order valence-electron chi connectivity index (χ0n) is 15.6. The molecule has 0 unspecified atom stereocenters. The fraction of sp³-hybridized carbons (Fsp3) is 0.238. The second-order valence-electron chi connectivity index (χ2n) is 6.37. The van der Waals surface area contributed by atoms with Gasteiger partial charge in [-0.2, -0.15) is 0 Å². The smallest absolute Gasteiger partial charge is 0.279 e. The van der Waals surface area contributed by atoms with Gasteiger partial charge in [-0.15, -0.1) is 0 Å². The monoisotopic (exact) mass is 384 g/mol. The number of rotatable bonds is 6. The third-order valence-corrected chi connectivity index (χ3v) is 4.30. The van der Waals surface area contributed by atoms with E-state index in [-0.39, 0.29) is 12.3 Å². The van der Waals surface area contributed by atoms with Crippen LogP contribution in [0.2, 0.25) is 0 Å². The van der Waals surface area contributed by atoms with E-state index in [1.165, 1.54) is 31.2 Å². The second-order valence-corrected chi connectivity index (χ2v) is 6.37. The number of hydrogen-bond donors (Lipinski definition) is 2. The summed E-state index contributed by atoms with van der Waals surface area (Å²) in [6.45, 7) is 3.58. The van der Waals surface area contributed by atoms with Crippen molar-refractivity contribution in [2.24, 2.45) is 0 Å². The molecule has 7 heteroatoms.